The van der Waals surface area contributed by atoms with E-state index in [9.17, 15) is 30.3 Å². The molecular weight excluding hydrogens is 552 g/mol. The molecule has 2 aromatic rings. The first-order valence-corrected chi connectivity index (χ1v) is 15.0. The number of hydrogen-bond donors (Lipinski definition) is 5. The van der Waals surface area contributed by atoms with E-state index in [0.717, 1.165) is 5.56 Å². The molecule has 232 valence electrons. The van der Waals surface area contributed by atoms with Crippen LogP contribution in [0.3, 0.4) is 0 Å². The first kappa shape index (κ1) is 30.4. The molecule has 0 radical (unpaired) electrons. The van der Waals surface area contributed by atoms with Gasteiger partial charge < -0.3 is 39.7 Å². The molecule has 3 fully saturated rings. The van der Waals surface area contributed by atoms with Crippen molar-refractivity contribution < 1.29 is 44.5 Å². The molecule has 2 aromatic carbocycles. The average molecular weight is 595 g/mol. The summed E-state index contributed by atoms with van der Waals surface area (Å²) in [5.74, 6) is -1.87. The van der Waals surface area contributed by atoms with E-state index in [1.54, 1.807) is 58.0 Å². The topological polar surface area (TPSA) is 146 Å². The van der Waals surface area contributed by atoms with Crippen molar-refractivity contribution in [3.05, 3.63) is 82.9 Å². The molecule has 5 N–H and O–H groups in total. The molecule has 8 unspecified atom stereocenters. The number of aliphatic hydroxyl groups is 5. The van der Waals surface area contributed by atoms with Crippen LogP contribution < -0.4 is 0 Å². The van der Waals surface area contributed by atoms with Crippen molar-refractivity contribution in [3.8, 4) is 0 Å². The Hall–Kier alpha value is -2.63. The Bertz CT molecular complexity index is 1390. The van der Waals surface area contributed by atoms with Gasteiger partial charge >= 0.3 is 5.97 Å². The summed E-state index contributed by atoms with van der Waals surface area (Å²) in [6, 6.07) is 17.9. The molecule has 0 spiro atoms. The Morgan fingerprint density at radius 1 is 0.977 bits per heavy atom. The molecule has 1 heterocycles. The lowest BCUT2D eigenvalue weighted by Gasteiger charge is -2.68. The van der Waals surface area contributed by atoms with Gasteiger partial charge in [0.2, 0.25) is 0 Å². The van der Waals surface area contributed by atoms with Gasteiger partial charge in [0.1, 0.15) is 23.4 Å². The molecule has 9 nitrogen and oxygen atoms in total. The number of hydrogen-bond acceptors (Lipinski definition) is 9. The van der Waals surface area contributed by atoms with Crippen LogP contribution in [-0.4, -0.2) is 85.9 Å². The standard InChI is InChI=1S/C34H42O9/c1-19-22(35)16-34(40)29(43-30(38)21-13-9-6-10-14-21)27-32(4,28(37)26(36)25(19)31(34,2)3)23(15-24-33(27,39)18-42-24)41-17-20-11-7-5-8-12-20/h5-14,22-24,26-29,35-37,39-40H,15-18H2,1-4H3/t22?,23?,24?,26?,27?,28?,29?,32-,33+,34?/m1/s1. The fourth-order valence-electron chi connectivity index (χ4n) is 8.48. The van der Waals surface area contributed by atoms with Gasteiger partial charge in [0.25, 0.3) is 0 Å². The zero-order chi connectivity index (χ0) is 30.9. The van der Waals surface area contributed by atoms with Crippen LogP contribution in [0.1, 0.15) is 56.5 Å². The normalized spacial score (nSPS) is 41.7. The second-order valence-electron chi connectivity index (χ2n) is 13.6. The van der Waals surface area contributed by atoms with E-state index in [4.69, 9.17) is 14.2 Å². The number of rotatable bonds is 5. The van der Waals surface area contributed by atoms with Crippen molar-refractivity contribution >= 4 is 5.97 Å². The molecule has 43 heavy (non-hydrogen) atoms. The number of carbonyl (C=O) groups excluding carboxylic acids is 1. The maximum Gasteiger partial charge on any atom is 0.338 e. The Balaban J connectivity index is 1.55. The molecule has 3 aliphatic carbocycles. The maximum atomic E-state index is 13.7. The predicted octanol–water partition coefficient (Wildman–Crippen LogP) is 2.53. The third-order valence-electron chi connectivity index (χ3n) is 11.1. The fraction of sp³-hybridized carbons (Fsp3) is 0.559. The van der Waals surface area contributed by atoms with Gasteiger partial charge in [-0.3, -0.25) is 0 Å². The van der Waals surface area contributed by atoms with Gasteiger partial charge in [-0.25, -0.2) is 4.79 Å². The summed E-state index contributed by atoms with van der Waals surface area (Å²) in [6.07, 6.45) is -7.17. The summed E-state index contributed by atoms with van der Waals surface area (Å²) in [7, 11) is 0. The molecule has 1 aliphatic heterocycles. The van der Waals surface area contributed by atoms with Crippen LogP contribution in [0.5, 0.6) is 0 Å². The van der Waals surface area contributed by atoms with E-state index in [0.29, 0.717) is 5.57 Å². The molecule has 6 rings (SSSR count). The average Bonchev–Trinajstić information content (AvgIpc) is 2.98. The van der Waals surface area contributed by atoms with Crippen LogP contribution in [0.25, 0.3) is 0 Å². The summed E-state index contributed by atoms with van der Waals surface area (Å²) < 4.78 is 18.6. The lowest BCUT2D eigenvalue weighted by molar-refractivity contribution is -0.367. The Labute approximate surface area is 251 Å². The van der Waals surface area contributed by atoms with Gasteiger partial charge in [-0.1, -0.05) is 69.3 Å². The van der Waals surface area contributed by atoms with Crippen molar-refractivity contribution in [2.75, 3.05) is 6.61 Å². The van der Waals surface area contributed by atoms with Gasteiger partial charge in [0, 0.05) is 29.6 Å². The summed E-state index contributed by atoms with van der Waals surface area (Å²) in [5.41, 5.74) is -4.46. The van der Waals surface area contributed by atoms with E-state index in [1.165, 1.54) is 0 Å². The van der Waals surface area contributed by atoms with E-state index < -0.39 is 70.5 Å². The monoisotopic (exact) mass is 594 g/mol. The quantitative estimate of drug-likeness (QED) is 0.260. The number of carbonyl (C=O) groups is 1. The van der Waals surface area contributed by atoms with Gasteiger partial charge in [0.05, 0.1) is 43.2 Å². The van der Waals surface area contributed by atoms with Crippen LogP contribution in [0.2, 0.25) is 0 Å². The smallest absolute Gasteiger partial charge is 0.338 e. The molecule has 2 saturated carbocycles. The Morgan fingerprint density at radius 3 is 2.21 bits per heavy atom. The molecule has 9 heteroatoms. The lowest BCUT2D eigenvalue weighted by Crippen LogP contribution is -2.81. The fourth-order valence-corrected chi connectivity index (χ4v) is 8.48. The minimum atomic E-state index is -1.96. The van der Waals surface area contributed by atoms with Gasteiger partial charge in [-0.05, 0) is 35.8 Å². The third kappa shape index (κ3) is 4.35. The Kier molecular flexibility index (Phi) is 7.41. The van der Waals surface area contributed by atoms with E-state index in [2.05, 4.69) is 0 Å². The second kappa shape index (κ2) is 10.5. The van der Waals surface area contributed by atoms with Crippen molar-refractivity contribution in [1.29, 1.82) is 0 Å². The number of ether oxygens (including phenoxy) is 3. The number of benzene rings is 2. The van der Waals surface area contributed by atoms with Crippen LogP contribution >= 0.6 is 0 Å². The van der Waals surface area contributed by atoms with Crippen molar-refractivity contribution in [3.63, 3.8) is 0 Å². The number of fused-ring (bicyclic) bond motifs is 5. The summed E-state index contributed by atoms with van der Waals surface area (Å²) in [5, 5.41) is 60.5. The van der Waals surface area contributed by atoms with E-state index >= 15 is 0 Å². The second-order valence-corrected chi connectivity index (χ2v) is 13.6. The summed E-state index contributed by atoms with van der Waals surface area (Å²) in [6.45, 7) is 6.90. The largest absolute Gasteiger partial charge is 0.455 e. The highest BCUT2D eigenvalue weighted by Gasteiger charge is 2.76. The first-order valence-electron chi connectivity index (χ1n) is 15.0. The van der Waals surface area contributed by atoms with E-state index in [1.807, 2.05) is 30.3 Å². The van der Waals surface area contributed by atoms with Gasteiger partial charge in [0.15, 0.2) is 0 Å². The molecule has 10 atom stereocenters. The molecular formula is C34H42O9. The van der Waals surface area contributed by atoms with Crippen molar-refractivity contribution in [1.82, 2.24) is 0 Å². The summed E-state index contributed by atoms with van der Waals surface area (Å²) in [4.78, 5) is 13.7. The van der Waals surface area contributed by atoms with E-state index in [-0.39, 0.29) is 37.2 Å². The maximum absolute atomic E-state index is 13.7. The summed E-state index contributed by atoms with van der Waals surface area (Å²) >= 11 is 0. The van der Waals surface area contributed by atoms with Gasteiger partial charge in [-0.2, -0.15) is 0 Å². The Morgan fingerprint density at radius 2 is 1.60 bits per heavy atom. The zero-order valence-corrected chi connectivity index (χ0v) is 25.0. The minimum Gasteiger partial charge on any atom is -0.455 e. The van der Waals surface area contributed by atoms with Crippen LogP contribution in [-0.2, 0) is 20.8 Å². The van der Waals surface area contributed by atoms with Gasteiger partial charge in [-0.15, -0.1) is 0 Å². The molecule has 2 bridgehead atoms. The molecule has 0 aromatic heterocycles. The highest BCUT2D eigenvalue weighted by atomic mass is 16.6. The minimum absolute atomic E-state index is 0.119. The number of aliphatic hydroxyl groups excluding tert-OH is 3. The van der Waals surface area contributed by atoms with Crippen molar-refractivity contribution in [2.24, 2.45) is 16.7 Å². The molecule has 4 aliphatic rings. The first-order chi connectivity index (χ1) is 20.3. The highest BCUT2D eigenvalue weighted by Crippen LogP contribution is 2.64. The highest BCUT2D eigenvalue weighted by molar-refractivity contribution is 5.89. The third-order valence-corrected chi connectivity index (χ3v) is 11.1. The van der Waals surface area contributed by atoms with Crippen LogP contribution in [0.4, 0.5) is 0 Å². The van der Waals surface area contributed by atoms with Crippen LogP contribution in [0.15, 0.2) is 71.8 Å². The SMILES string of the molecule is CC1=C2C(O)C(O)[C@]3(C)C(OCc4ccccc4)CC4OC[C@@]4(O)C3C(OC(=O)c3ccccc3)C(O)(CC1O)C2(C)C. The van der Waals surface area contributed by atoms with Crippen LogP contribution in [0, 0.1) is 16.7 Å². The molecule has 1 saturated heterocycles. The molecule has 0 amide bonds. The predicted molar refractivity (Wildman–Crippen MR) is 156 cm³/mol. The van der Waals surface area contributed by atoms with Crippen molar-refractivity contribution in [2.45, 2.75) is 95.0 Å². The zero-order valence-electron chi connectivity index (χ0n) is 25.0. The lowest BCUT2D eigenvalue weighted by atomic mass is 9.44. The number of esters is 1.